The number of ether oxygens (including phenoxy) is 2. The fourth-order valence-electron chi connectivity index (χ4n) is 2.49. The number of benzene rings is 2. The summed E-state index contributed by atoms with van der Waals surface area (Å²) in [4.78, 5) is 14.1. The molecule has 0 unspecified atom stereocenters. The third kappa shape index (κ3) is 5.18. The normalized spacial score (nSPS) is 9.69. The molecule has 2 aromatic carbocycles. The van der Waals surface area contributed by atoms with Crippen LogP contribution in [0, 0.1) is 11.8 Å². The summed E-state index contributed by atoms with van der Waals surface area (Å²) in [5.74, 6) is 7.26. The van der Waals surface area contributed by atoms with E-state index in [1.54, 1.807) is 26.4 Å². The number of amides is 1. The van der Waals surface area contributed by atoms with Gasteiger partial charge < -0.3 is 19.7 Å². The van der Waals surface area contributed by atoms with Gasteiger partial charge in [-0.05, 0) is 29.8 Å². The molecular formula is C21H24N2O3. The second-order valence-electron chi connectivity index (χ2n) is 5.86. The molecule has 2 rings (SSSR count). The Morgan fingerprint density at radius 1 is 1.08 bits per heavy atom. The van der Waals surface area contributed by atoms with E-state index in [9.17, 15) is 4.79 Å². The Hall–Kier alpha value is -3.13. The zero-order chi connectivity index (χ0) is 18.9. The molecule has 2 aromatic rings. The SMILES string of the molecule is COc1ccc(CC(=O)NCC#Cc2ccccc2N(C)C)cc1OC. The monoisotopic (exact) mass is 352 g/mol. The minimum absolute atomic E-state index is 0.0904. The van der Waals surface area contributed by atoms with Gasteiger partial charge in [0, 0.05) is 19.7 Å². The van der Waals surface area contributed by atoms with Gasteiger partial charge in [-0.15, -0.1) is 0 Å². The quantitative estimate of drug-likeness (QED) is 0.812. The van der Waals surface area contributed by atoms with Crippen molar-refractivity contribution in [2.24, 2.45) is 0 Å². The first kappa shape index (κ1) is 19.2. The molecule has 0 bridgehead atoms. The maximum absolute atomic E-state index is 12.1. The first-order valence-electron chi connectivity index (χ1n) is 8.28. The third-order valence-corrected chi connectivity index (χ3v) is 3.80. The Morgan fingerprint density at radius 2 is 1.81 bits per heavy atom. The number of methoxy groups -OCH3 is 2. The summed E-state index contributed by atoms with van der Waals surface area (Å²) in [7, 11) is 7.11. The van der Waals surface area contributed by atoms with Crippen molar-refractivity contribution in [1.29, 1.82) is 0 Å². The van der Waals surface area contributed by atoms with E-state index in [1.807, 2.05) is 49.3 Å². The van der Waals surface area contributed by atoms with Crippen molar-refractivity contribution < 1.29 is 14.3 Å². The number of carbonyl (C=O) groups is 1. The second kappa shape index (κ2) is 9.38. The van der Waals surface area contributed by atoms with Crippen LogP contribution in [0.4, 0.5) is 5.69 Å². The predicted octanol–water partition coefficient (Wildman–Crippen LogP) is 2.48. The van der Waals surface area contributed by atoms with E-state index >= 15 is 0 Å². The van der Waals surface area contributed by atoms with Crippen LogP contribution in [0.2, 0.25) is 0 Å². The lowest BCUT2D eigenvalue weighted by atomic mass is 10.1. The van der Waals surface area contributed by atoms with Gasteiger partial charge in [-0.2, -0.15) is 0 Å². The summed E-state index contributed by atoms with van der Waals surface area (Å²) in [6, 6.07) is 13.3. The van der Waals surface area contributed by atoms with Crippen LogP contribution in [0.3, 0.4) is 0 Å². The topological polar surface area (TPSA) is 50.8 Å². The van der Waals surface area contributed by atoms with Crippen LogP contribution in [0.5, 0.6) is 11.5 Å². The van der Waals surface area contributed by atoms with Crippen molar-refractivity contribution in [3.63, 3.8) is 0 Å². The molecule has 136 valence electrons. The molecule has 0 atom stereocenters. The average molecular weight is 352 g/mol. The molecule has 0 aromatic heterocycles. The van der Waals surface area contributed by atoms with E-state index in [4.69, 9.17) is 9.47 Å². The zero-order valence-electron chi connectivity index (χ0n) is 15.6. The maximum atomic E-state index is 12.1. The van der Waals surface area contributed by atoms with E-state index in [2.05, 4.69) is 17.2 Å². The fraction of sp³-hybridized carbons (Fsp3) is 0.286. The predicted molar refractivity (Wildman–Crippen MR) is 104 cm³/mol. The van der Waals surface area contributed by atoms with Gasteiger partial charge in [0.25, 0.3) is 0 Å². The fourth-order valence-corrected chi connectivity index (χ4v) is 2.49. The summed E-state index contributed by atoms with van der Waals surface area (Å²) >= 11 is 0. The highest BCUT2D eigenvalue weighted by atomic mass is 16.5. The lowest BCUT2D eigenvalue weighted by Gasteiger charge is -2.13. The highest BCUT2D eigenvalue weighted by Gasteiger charge is 2.07. The minimum atomic E-state index is -0.0904. The highest BCUT2D eigenvalue weighted by Crippen LogP contribution is 2.27. The summed E-state index contributed by atoms with van der Waals surface area (Å²) in [6.07, 6.45) is 0.260. The van der Waals surface area contributed by atoms with Crippen LogP contribution in [-0.2, 0) is 11.2 Å². The van der Waals surface area contributed by atoms with Crippen LogP contribution in [0.1, 0.15) is 11.1 Å². The minimum Gasteiger partial charge on any atom is -0.493 e. The van der Waals surface area contributed by atoms with E-state index in [-0.39, 0.29) is 12.3 Å². The number of para-hydroxylation sites is 1. The molecular weight excluding hydrogens is 328 g/mol. The van der Waals surface area contributed by atoms with Crippen molar-refractivity contribution in [3.05, 3.63) is 53.6 Å². The van der Waals surface area contributed by atoms with Crippen LogP contribution in [0.15, 0.2) is 42.5 Å². The summed E-state index contributed by atoms with van der Waals surface area (Å²) in [5.41, 5.74) is 2.84. The molecule has 1 amide bonds. The molecule has 0 spiro atoms. The Kier molecular flexibility index (Phi) is 6.92. The third-order valence-electron chi connectivity index (χ3n) is 3.80. The lowest BCUT2D eigenvalue weighted by Crippen LogP contribution is -2.25. The van der Waals surface area contributed by atoms with E-state index in [0.29, 0.717) is 18.0 Å². The van der Waals surface area contributed by atoms with E-state index in [1.165, 1.54) is 0 Å². The van der Waals surface area contributed by atoms with Crippen molar-refractivity contribution in [2.45, 2.75) is 6.42 Å². The highest BCUT2D eigenvalue weighted by molar-refractivity contribution is 5.79. The number of hydrogen-bond acceptors (Lipinski definition) is 4. The standard InChI is InChI=1S/C21H24N2O3/c1-23(2)18-10-6-5-8-17(18)9-7-13-22-21(24)15-16-11-12-19(25-3)20(14-16)26-4/h5-6,8,10-12,14H,13,15H2,1-4H3,(H,22,24). The van der Waals surface area contributed by atoms with Crippen molar-refractivity contribution in [1.82, 2.24) is 5.32 Å². The van der Waals surface area contributed by atoms with Crippen LogP contribution < -0.4 is 19.7 Å². The zero-order valence-corrected chi connectivity index (χ0v) is 15.6. The van der Waals surface area contributed by atoms with Gasteiger partial charge >= 0.3 is 0 Å². The van der Waals surface area contributed by atoms with E-state index in [0.717, 1.165) is 16.8 Å². The Labute approximate surface area is 154 Å². The molecule has 0 aliphatic heterocycles. The van der Waals surface area contributed by atoms with Crippen LogP contribution in [0.25, 0.3) is 0 Å². The Morgan fingerprint density at radius 3 is 2.50 bits per heavy atom. The molecule has 26 heavy (non-hydrogen) atoms. The molecule has 0 saturated heterocycles. The van der Waals surface area contributed by atoms with Crippen LogP contribution in [-0.4, -0.2) is 40.8 Å². The summed E-state index contributed by atoms with van der Waals surface area (Å²) in [6.45, 7) is 0.299. The number of nitrogens with zero attached hydrogens (tertiary/aromatic N) is 1. The van der Waals surface area contributed by atoms with Gasteiger partial charge in [0.15, 0.2) is 11.5 Å². The number of anilines is 1. The number of rotatable bonds is 6. The Balaban J connectivity index is 1.93. The van der Waals surface area contributed by atoms with Gasteiger partial charge in [-0.3, -0.25) is 4.79 Å². The molecule has 0 radical (unpaired) electrons. The van der Waals surface area contributed by atoms with Crippen molar-refractivity contribution >= 4 is 11.6 Å². The maximum Gasteiger partial charge on any atom is 0.225 e. The molecule has 0 aliphatic rings. The molecule has 0 aliphatic carbocycles. The lowest BCUT2D eigenvalue weighted by molar-refractivity contribution is -0.120. The molecule has 0 fully saturated rings. The number of carbonyl (C=O) groups excluding carboxylic acids is 1. The van der Waals surface area contributed by atoms with Gasteiger partial charge in [-0.1, -0.05) is 30.0 Å². The molecule has 5 nitrogen and oxygen atoms in total. The second-order valence-corrected chi connectivity index (χ2v) is 5.86. The van der Waals surface area contributed by atoms with E-state index < -0.39 is 0 Å². The van der Waals surface area contributed by atoms with Crippen molar-refractivity contribution in [3.8, 4) is 23.3 Å². The Bertz CT molecular complexity index is 819. The average Bonchev–Trinajstić information content (AvgIpc) is 2.65. The first-order chi connectivity index (χ1) is 12.5. The van der Waals surface area contributed by atoms with Gasteiger partial charge in [0.2, 0.25) is 5.91 Å². The van der Waals surface area contributed by atoms with Crippen LogP contribution >= 0.6 is 0 Å². The number of nitrogens with one attached hydrogen (secondary N) is 1. The van der Waals surface area contributed by atoms with Gasteiger partial charge in [0.1, 0.15) is 0 Å². The summed E-state index contributed by atoms with van der Waals surface area (Å²) < 4.78 is 10.5. The smallest absolute Gasteiger partial charge is 0.225 e. The molecule has 0 saturated carbocycles. The van der Waals surface area contributed by atoms with Crippen molar-refractivity contribution in [2.75, 3.05) is 39.8 Å². The van der Waals surface area contributed by atoms with Gasteiger partial charge in [0.05, 0.1) is 32.9 Å². The molecule has 1 N–H and O–H groups in total. The molecule has 0 heterocycles. The first-order valence-corrected chi connectivity index (χ1v) is 8.28. The van der Waals surface area contributed by atoms with Gasteiger partial charge in [-0.25, -0.2) is 0 Å². The molecule has 5 heteroatoms. The summed E-state index contributed by atoms with van der Waals surface area (Å²) in [5, 5.41) is 2.82. The largest absolute Gasteiger partial charge is 0.493 e. The number of hydrogen-bond donors (Lipinski definition) is 1.